The lowest BCUT2D eigenvalue weighted by molar-refractivity contribution is -0.401. The minimum Gasteiger partial charge on any atom is -0.344 e. The molecule has 0 aliphatic carbocycles. The van der Waals surface area contributed by atoms with Gasteiger partial charge in [0.05, 0.1) is 10.8 Å². The van der Waals surface area contributed by atoms with Crippen molar-refractivity contribution in [3.05, 3.63) is 287 Å². The fourth-order valence-corrected chi connectivity index (χ4v) is 19.1. The highest BCUT2D eigenvalue weighted by Crippen LogP contribution is 2.58. The lowest BCUT2D eigenvalue weighted by Crippen LogP contribution is -2.35. The van der Waals surface area contributed by atoms with Crippen molar-refractivity contribution in [3.63, 3.8) is 0 Å². The first kappa shape index (κ1) is 64.5. The van der Waals surface area contributed by atoms with Gasteiger partial charge in [0.25, 0.3) is 0 Å². The summed E-state index contributed by atoms with van der Waals surface area (Å²) in [5, 5.41) is 10.9. The maximum absolute atomic E-state index is 2.68. The molecule has 2 unspecified atom stereocenters. The van der Waals surface area contributed by atoms with E-state index in [1.807, 2.05) is 0 Å². The molecule has 0 spiro atoms. The number of hydrogen-bond acceptors (Lipinski definition) is 2. The Morgan fingerprint density at radius 2 is 0.667 bits per heavy atom. The van der Waals surface area contributed by atoms with Crippen LogP contribution in [0.2, 0.25) is 0 Å². The maximum Gasteiger partial charge on any atom is 0.210 e. The average molecular weight is 1260 g/mol. The third-order valence-electron chi connectivity index (χ3n) is 23.8. The summed E-state index contributed by atoms with van der Waals surface area (Å²) < 4.78 is 5.18. The minimum absolute atomic E-state index is 0.0909. The molecule has 96 heavy (non-hydrogen) atoms. The zero-order valence-corrected chi connectivity index (χ0v) is 58.6. The molecule has 0 aromatic heterocycles. The Bertz CT molecular complexity index is 4420. The van der Waals surface area contributed by atoms with Crippen molar-refractivity contribution in [1.29, 1.82) is 0 Å². The van der Waals surface area contributed by atoms with Crippen LogP contribution in [0.15, 0.2) is 254 Å². The first-order valence-electron chi connectivity index (χ1n) is 36.9. The third-order valence-corrected chi connectivity index (χ3v) is 23.8. The average Bonchev–Trinajstić information content (AvgIpc) is 1.58. The summed E-state index contributed by atoms with van der Waals surface area (Å²) >= 11 is 0. The van der Waals surface area contributed by atoms with Gasteiger partial charge in [0.15, 0.2) is 11.4 Å². The molecule has 0 amide bonds. The Morgan fingerprint density at radius 3 is 1.02 bits per heavy atom. The predicted octanol–water partition coefficient (Wildman–Crippen LogP) is 23.4. The summed E-state index contributed by atoms with van der Waals surface area (Å²) in [6, 6.07) is 78.5. The van der Waals surface area contributed by atoms with E-state index in [4.69, 9.17) is 0 Å². The number of anilines is 2. The molecule has 486 valence electrons. The molecular weight excluding hydrogens is 1160 g/mol. The van der Waals surface area contributed by atoms with E-state index >= 15 is 0 Å². The Kier molecular flexibility index (Phi) is 18.4. The second-order valence-corrected chi connectivity index (χ2v) is 28.4. The zero-order chi connectivity index (χ0) is 66.0. The van der Waals surface area contributed by atoms with Crippen LogP contribution >= 0.6 is 0 Å². The van der Waals surface area contributed by atoms with Crippen molar-refractivity contribution in [2.24, 2.45) is 0 Å². The molecular formula is C92H100N4+2. The van der Waals surface area contributed by atoms with Gasteiger partial charge in [-0.25, -0.2) is 0 Å². The van der Waals surface area contributed by atoms with Gasteiger partial charge >= 0.3 is 0 Å². The summed E-state index contributed by atoms with van der Waals surface area (Å²) in [7, 11) is 4.73. The lowest BCUT2D eigenvalue weighted by atomic mass is 9.67. The molecule has 0 saturated carbocycles. The largest absolute Gasteiger partial charge is 0.344 e. The Balaban J connectivity index is 0.827. The lowest BCUT2D eigenvalue weighted by Gasteiger charge is -2.32. The second kappa shape index (κ2) is 27.3. The topological polar surface area (TPSA) is 12.5 Å². The van der Waals surface area contributed by atoms with Gasteiger partial charge in [0.2, 0.25) is 11.4 Å². The standard InChI is InChI=1S/C92H100N4/c1-9-65-95-79-57-53-71-41-25-29-45-75(71)87(79)89(11-3,12-4)83(95)49-33-47-81-91(63-59-67-35-19-17-20-36-67,85-73-43-27-23-39-69(73)51-55-77(85)93(81)7)61-31-15-16-32-62-92(64-60-68-37-21-18-22-38-68)82(94(8)78-56-52-70-40-24-28-44-74(70)86(78)92)48-34-50-84-90(13-5,14-6)88-76-46-30-26-42-72(76)54-58-80(88)96(84)66-10-2/h17-30,33-58H,9-16,31-32,59-66H2,1-8H3/q+2. The molecule has 4 heteroatoms. The van der Waals surface area contributed by atoms with Crippen LogP contribution in [-0.2, 0) is 34.5 Å². The SMILES string of the molecule is CCCN1C(=CC=CC2=[N+](C)c3ccc4ccccc4c3C2(CCCCCCC2(CCc3ccccc3)C(C=CC=C3N(CCC)c4ccc5ccccc5c4C3(CC)CC)=[N+](C)c3ccc4ccccc4c32)CCc2ccccc2)C(CC)(CC)c2c1ccc1ccccc21. The summed E-state index contributed by atoms with van der Waals surface area (Å²) in [6.45, 7) is 16.3. The van der Waals surface area contributed by atoms with E-state index in [-0.39, 0.29) is 21.7 Å². The van der Waals surface area contributed by atoms with Crippen LogP contribution in [-0.4, -0.2) is 47.8 Å². The number of unbranched alkanes of at least 4 members (excludes halogenated alkanes) is 3. The first-order chi connectivity index (χ1) is 47.1. The van der Waals surface area contributed by atoms with E-state index in [1.165, 1.54) is 122 Å². The summed E-state index contributed by atoms with van der Waals surface area (Å²) in [6.07, 6.45) is 32.3. The molecule has 14 rings (SSSR count). The van der Waals surface area contributed by atoms with Crippen LogP contribution in [0.25, 0.3) is 43.1 Å². The van der Waals surface area contributed by atoms with Gasteiger partial charge in [-0.1, -0.05) is 249 Å². The zero-order valence-electron chi connectivity index (χ0n) is 58.6. The van der Waals surface area contributed by atoms with Crippen molar-refractivity contribution in [1.82, 2.24) is 0 Å². The number of nitrogens with zero attached hydrogens (tertiary/aromatic N) is 4. The van der Waals surface area contributed by atoms with Crippen molar-refractivity contribution in [2.75, 3.05) is 37.0 Å². The van der Waals surface area contributed by atoms with Crippen LogP contribution < -0.4 is 9.80 Å². The molecule has 2 atom stereocenters. The Labute approximate surface area is 573 Å². The van der Waals surface area contributed by atoms with E-state index in [0.717, 1.165) is 116 Å². The highest BCUT2D eigenvalue weighted by Gasteiger charge is 2.53. The molecule has 0 bridgehead atoms. The van der Waals surface area contributed by atoms with Gasteiger partial charge < -0.3 is 9.80 Å². The maximum atomic E-state index is 2.68. The van der Waals surface area contributed by atoms with E-state index < -0.39 is 0 Å². The van der Waals surface area contributed by atoms with Gasteiger partial charge in [-0.15, -0.1) is 0 Å². The van der Waals surface area contributed by atoms with Crippen molar-refractivity contribution < 1.29 is 9.15 Å². The van der Waals surface area contributed by atoms with Gasteiger partial charge in [-0.3, -0.25) is 0 Å². The van der Waals surface area contributed by atoms with Crippen LogP contribution in [0.1, 0.15) is 165 Å². The van der Waals surface area contributed by atoms with Gasteiger partial charge in [0.1, 0.15) is 14.1 Å². The molecule has 0 N–H and O–H groups in total. The van der Waals surface area contributed by atoms with Crippen LogP contribution in [0, 0.1) is 0 Å². The molecule has 10 aromatic carbocycles. The van der Waals surface area contributed by atoms with Crippen LogP contribution in [0.4, 0.5) is 22.7 Å². The Hall–Kier alpha value is -8.86. The normalized spacial score (nSPS) is 19.5. The second-order valence-electron chi connectivity index (χ2n) is 28.4. The van der Waals surface area contributed by atoms with Crippen molar-refractivity contribution >= 4 is 77.3 Å². The van der Waals surface area contributed by atoms with Gasteiger partial charge in [-0.05, 0) is 179 Å². The summed E-state index contributed by atoms with van der Waals surface area (Å²) in [4.78, 5) is 5.36. The van der Waals surface area contributed by atoms with Crippen LogP contribution in [0.5, 0.6) is 0 Å². The first-order valence-corrected chi connectivity index (χ1v) is 36.9. The molecule has 10 aromatic rings. The van der Waals surface area contributed by atoms with E-state index in [0.29, 0.717) is 0 Å². The number of fused-ring (bicyclic) bond motifs is 12. The number of rotatable bonds is 25. The van der Waals surface area contributed by atoms with E-state index in [1.54, 1.807) is 0 Å². The fraction of sp³-hybridized carbons (Fsp3) is 0.326. The monoisotopic (exact) mass is 1260 g/mol. The van der Waals surface area contributed by atoms with E-state index in [2.05, 4.69) is 317 Å². The fourth-order valence-electron chi connectivity index (χ4n) is 19.1. The third kappa shape index (κ3) is 10.8. The summed E-state index contributed by atoms with van der Waals surface area (Å²) in [5.41, 5.74) is 19.4. The van der Waals surface area contributed by atoms with Gasteiger partial charge in [0, 0.05) is 82.1 Å². The number of aryl methyl sites for hydroxylation is 2. The number of hydrogen-bond donors (Lipinski definition) is 0. The molecule has 4 nitrogen and oxygen atoms in total. The highest BCUT2D eigenvalue weighted by molar-refractivity contribution is 6.10. The van der Waals surface area contributed by atoms with E-state index in [9.17, 15) is 0 Å². The molecule has 4 aliphatic heterocycles. The molecule has 0 radical (unpaired) electrons. The molecule has 0 saturated heterocycles. The van der Waals surface area contributed by atoms with Gasteiger partial charge in [-0.2, -0.15) is 9.15 Å². The minimum atomic E-state index is -0.225. The smallest absolute Gasteiger partial charge is 0.210 e. The quantitative estimate of drug-likeness (QED) is 0.0418. The predicted molar refractivity (Wildman–Crippen MR) is 412 cm³/mol. The molecule has 0 fully saturated rings. The molecule has 4 aliphatic rings. The molecule has 4 heterocycles. The number of allylic oxidation sites excluding steroid dienone is 8. The van der Waals surface area contributed by atoms with Crippen molar-refractivity contribution in [2.45, 2.75) is 166 Å². The number of benzene rings is 10. The highest BCUT2D eigenvalue weighted by atomic mass is 15.2. The summed E-state index contributed by atoms with van der Waals surface area (Å²) in [5.74, 6) is 0. The van der Waals surface area contributed by atoms with Crippen molar-refractivity contribution in [3.8, 4) is 0 Å². The Morgan fingerprint density at radius 1 is 0.333 bits per heavy atom. The van der Waals surface area contributed by atoms with Crippen LogP contribution in [0.3, 0.4) is 0 Å².